The standard InChI is InChI=1S/C12H20N2O6S/c1-21(19,20)13-4-2-8(3-5-13)11(16)14-7-9(15)6-10(14)12(17)18/h8-10,15H,2-7H2,1H3,(H,17,18)/t9-,10+/m1/s1. The fourth-order valence-electron chi connectivity index (χ4n) is 2.96. The lowest BCUT2D eigenvalue weighted by molar-refractivity contribution is -0.150. The van der Waals surface area contributed by atoms with Gasteiger partial charge in [0.15, 0.2) is 0 Å². The Labute approximate surface area is 123 Å². The lowest BCUT2D eigenvalue weighted by atomic mass is 9.96. The average Bonchev–Trinajstić information content (AvgIpc) is 2.79. The molecule has 0 aliphatic carbocycles. The summed E-state index contributed by atoms with van der Waals surface area (Å²) in [5, 5.41) is 18.7. The van der Waals surface area contributed by atoms with E-state index in [0.29, 0.717) is 12.8 Å². The van der Waals surface area contributed by atoms with E-state index in [1.54, 1.807) is 0 Å². The summed E-state index contributed by atoms with van der Waals surface area (Å²) in [6.45, 7) is 0.564. The molecule has 1 amide bonds. The van der Waals surface area contributed by atoms with Gasteiger partial charge in [0.2, 0.25) is 15.9 Å². The first-order valence-electron chi connectivity index (χ1n) is 6.86. The van der Waals surface area contributed by atoms with Crippen LogP contribution in [0.25, 0.3) is 0 Å². The van der Waals surface area contributed by atoms with Gasteiger partial charge in [-0.2, -0.15) is 0 Å². The molecule has 2 heterocycles. The fraction of sp³-hybridized carbons (Fsp3) is 0.833. The highest BCUT2D eigenvalue weighted by Crippen LogP contribution is 2.26. The number of amides is 1. The predicted molar refractivity (Wildman–Crippen MR) is 72.9 cm³/mol. The van der Waals surface area contributed by atoms with Gasteiger partial charge >= 0.3 is 5.97 Å². The van der Waals surface area contributed by atoms with Crippen LogP contribution in [-0.2, 0) is 19.6 Å². The van der Waals surface area contributed by atoms with Crippen molar-refractivity contribution in [3.8, 4) is 0 Å². The first-order valence-corrected chi connectivity index (χ1v) is 8.71. The molecule has 0 saturated carbocycles. The third-order valence-corrected chi connectivity index (χ3v) is 5.42. The molecule has 9 heteroatoms. The Kier molecular flexibility index (Phi) is 4.54. The molecule has 21 heavy (non-hydrogen) atoms. The second-order valence-corrected chi connectivity index (χ2v) is 7.65. The molecule has 0 bridgehead atoms. The van der Waals surface area contributed by atoms with Gasteiger partial charge in [-0.3, -0.25) is 4.79 Å². The van der Waals surface area contributed by atoms with E-state index >= 15 is 0 Å². The zero-order valence-corrected chi connectivity index (χ0v) is 12.6. The Balaban J connectivity index is 2.00. The molecule has 2 fully saturated rings. The van der Waals surface area contributed by atoms with E-state index in [-0.39, 0.29) is 37.9 Å². The van der Waals surface area contributed by atoms with Crippen molar-refractivity contribution in [2.24, 2.45) is 5.92 Å². The van der Waals surface area contributed by atoms with Crippen LogP contribution in [-0.4, -0.2) is 77.7 Å². The second kappa shape index (κ2) is 5.90. The number of carbonyl (C=O) groups is 2. The van der Waals surface area contributed by atoms with Crippen LogP contribution in [0.2, 0.25) is 0 Å². The Morgan fingerprint density at radius 2 is 1.76 bits per heavy atom. The molecule has 120 valence electrons. The molecule has 0 aromatic carbocycles. The number of nitrogens with zero attached hydrogens (tertiary/aromatic N) is 2. The minimum absolute atomic E-state index is 0.0299. The normalized spacial score (nSPS) is 28.8. The van der Waals surface area contributed by atoms with Gasteiger partial charge in [0.05, 0.1) is 12.4 Å². The maximum Gasteiger partial charge on any atom is 0.326 e. The topological polar surface area (TPSA) is 115 Å². The zero-order chi connectivity index (χ0) is 15.8. The number of likely N-dealkylation sites (tertiary alicyclic amines) is 1. The molecule has 0 unspecified atom stereocenters. The van der Waals surface area contributed by atoms with Gasteiger partial charge in [0, 0.05) is 32.0 Å². The molecule has 2 saturated heterocycles. The van der Waals surface area contributed by atoms with E-state index in [0.717, 1.165) is 6.26 Å². The van der Waals surface area contributed by atoms with Gasteiger partial charge in [-0.25, -0.2) is 17.5 Å². The van der Waals surface area contributed by atoms with Crippen molar-refractivity contribution >= 4 is 21.9 Å². The number of hydrogen-bond acceptors (Lipinski definition) is 5. The Morgan fingerprint density at radius 1 is 1.19 bits per heavy atom. The van der Waals surface area contributed by atoms with E-state index in [4.69, 9.17) is 5.11 Å². The van der Waals surface area contributed by atoms with Crippen LogP contribution < -0.4 is 0 Å². The molecule has 0 aromatic rings. The van der Waals surface area contributed by atoms with Crippen molar-refractivity contribution in [3.63, 3.8) is 0 Å². The molecule has 2 N–H and O–H groups in total. The first kappa shape index (κ1) is 16.2. The SMILES string of the molecule is CS(=O)(=O)N1CCC(C(=O)N2C[C@H](O)C[C@H]2C(=O)O)CC1. The molecule has 2 rings (SSSR count). The number of rotatable bonds is 3. The summed E-state index contributed by atoms with van der Waals surface area (Å²) in [5.41, 5.74) is 0. The quantitative estimate of drug-likeness (QED) is 0.668. The molecular formula is C12H20N2O6S. The molecule has 0 aromatic heterocycles. The Hall–Kier alpha value is -1.19. The predicted octanol–water partition coefficient (Wildman–Crippen LogP) is -1.30. The van der Waals surface area contributed by atoms with E-state index in [1.807, 2.05) is 0 Å². The zero-order valence-electron chi connectivity index (χ0n) is 11.8. The van der Waals surface area contributed by atoms with Gasteiger partial charge < -0.3 is 15.1 Å². The number of aliphatic hydroxyl groups excluding tert-OH is 1. The van der Waals surface area contributed by atoms with Gasteiger partial charge in [0.1, 0.15) is 6.04 Å². The maximum atomic E-state index is 12.4. The summed E-state index contributed by atoms with van der Waals surface area (Å²) in [4.78, 5) is 24.8. The van der Waals surface area contributed by atoms with Crippen LogP contribution in [0.15, 0.2) is 0 Å². The van der Waals surface area contributed by atoms with Gasteiger partial charge in [-0.1, -0.05) is 0 Å². The van der Waals surface area contributed by atoms with Crippen LogP contribution in [0, 0.1) is 5.92 Å². The number of carboxylic acid groups (broad SMARTS) is 1. The molecule has 2 atom stereocenters. The lowest BCUT2D eigenvalue weighted by Gasteiger charge is -2.32. The highest BCUT2D eigenvalue weighted by molar-refractivity contribution is 7.88. The number of aliphatic carboxylic acids is 1. The highest BCUT2D eigenvalue weighted by Gasteiger charge is 2.42. The van der Waals surface area contributed by atoms with E-state index in [1.165, 1.54) is 9.21 Å². The lowest BCUT2D eigenvalue weighted by Crippen LogP contribution is -2.47. The smallest absolute Gasteiger partial charge is 0.326 e. The van der Waals surface area contributed by atoms with Crippen molar-refractivity contribution in [3.05, 3.63) is 0 Å². The second-order valence-electron chi connectivity index (χ2n) is 5.67. The number of carbonyl (C=O) groups excluding carboxylic acids is 1. The number of sulfonamides is 1. The Morgan fingerprint density at radius 3 is 2.24 bits per heavy atom. The fourth-order valence-corrected chi connectivity index (χ4v) is 3.83. The third-order valence-electron chi connectivity index (χ3n) is 4.12. The minimum atomic E-state index is -3.25. The van der Waals surface area contributed by atoms with Gasteiger partial charge in [0.25, 0.3) is 0 Å². The van der Waals surface area contributed by atoms with Crippen molar-refractivity contribution in [1.82, 2.24) is 9.21 Å². The highest BCUT2D eigenvalue weighted by atomic mass is 32.2. The van der Waals surface area contributed by atoms with Crippen LogP contribution in [0.1, 0.15) is 19.3 Å². The number of aliphatic hydroxyl groups is 1. The summed E-state index contributed by atoms with van der Waals surface area (Å²) in [5.74, 6) is -1.80. The van der Waals surface area contributed by atoms with E-state index < -0.39 is 28.1 Å². The molecule has 0 radical (unpaired) electrons. The van der Waals surface area contributed by atoms with Crippen LogP contribution >= 0.6 is 0 Å². The number of β-amino-alcohol motifs (C(OH)–C–C–N with tert-alkyl or cyclic N) is 1. The van der Waals surface area contributed by atoms with Crippen molar-refractivity contribution in [2.75, 3.05) is 25.9 Å². The van der Waals surface area contributed by atoms with E-state index in [9.17, 15) is 23.1 Å². The molecule has 2 aliphatic heterocycles. The van der Waals surface area contributed by atoms with Crippen LogP contribution in [0.4, 0.5) is 0 Å². The van der Waals surface area contributed by atoms with Crippen LogP contribution in [0.5, 0.6) is 0 Å². The van der Waals surface area contributed by atoms with Crippen molar-refractivity contribution in [2.45, 2.75) is 31.4 Å². The molecule has 8 nitrogen and oxygen atoms in total. The molecular weight excluding hydrogens is 300 g/mol. The van der Waals surface area contributed by atoms with Crippen molar-refractivity contribution in [1.29, 1.82) is 0 Å². The summed E-state index contributed by atoms with van der Waals surface area (Å²) < 4.78 is 24.2. The number of carboxylic acids is 1. The maximum absolute atomic E-state index is 12.4. The molecule has 2 aliphatic rings. The summed E-state index contributed by atoms with van der Waals surface area (Å²) in [7, 11) is -3.25. The largest absolute Gasteiger partial charge is 0.480 e. The summed E-state index contributed by atoms with van der Waals surface area (Å²) in [6.07, 6.45) is 1.12. The number of hydrogen-bond donors (Lipinski definition) is 2. The summed E-state index contributed by atoms with van der Waals surface area (Å²) >= 11 is 0. The minimum Gasteiger partial charge on any atom is -0.480 e. The van der Waals surface area contributed by atoms with Gasteiger partial charge in [-0.15, -0.1) is 0 Å². The monoisotopic (exact) mass is 320 g/mol. The summed E-state index contributed by atoms with van der Waals surface area (Å²) in [6, 6.07) is -0.986. The third kappa shape index (κ3) is 3.53. The number of piperidine rings is 1. The van der Waals surface area contributed by atoms with Crippen molar-refractivity contribution < 1.29 is 28.2 Å². The average molecular weight is 320 g/mol. The first-order chi connectivity index (χ1) is 9.70. The van der Waals surface area contributed by atoms with Gasteiger partial charge in [-0.05, 0) is 12.8 Å². The molecule has 0 spiro atoms. The van der Waals surface area contributed by atoms with Crippen LogP contribution in [0.3, 0.4) is 0 Å². The Bertz CT molecular complexity index is 526. The van der Waals surface area contributed by atoms with E-state index in [2.05, 4.69) is 0 Å².